The lowest BCUT2D eigenvalue weighted by molar-refractivity contribution is 0.666. The van der Waals surface area contributed by atoms with Gasteiger partial charge in [-0.3, -0.25) is 0 Å². The van der Waals surface area contributed by atoms with Crippen molar-refractivity contribution in [3.05, 3.63) is 66.7 Å². The van der Waals surface area contributed by atoms with Crippen LogP contribution in [0, 0.1) is 3.57 Å². The predicted octanol–water partition coefficient (Wildman–Crippen LogP) is 5.24. The Morgan fingerprint density at radius 2 is 1.81 bits per heavy atom. The van der Waals surface area contributed by atoms with Crippen LogP contribution < -0.4 is 5.32 Å². The van der Waals surface area contributed by atoms with Gasteiger partial charge in [-0.25, -0.2) is 0 Å². The van der Waals surface area contributed by atoms with Crippen molar-refractivity contribution in [3.8, 4) is 0 Å². The largest absolute Gasteiger partial charge is 0.309 e. The normalized spacial score (nSPS) is 15.6. The molecule has 0 bridgehead atoms. The Hall–Kier alpha value is -0.390. The molecule has 0 aromatic heterocycles. The number of benzene rings is 2. The van der Waals surface area contributed by atoms with Gasteiger partial charge in [-0.05, 0) is 95.8 Å². The molecular weight excluding hydrogens is 437 g/mol. The van der Waals surface area contributed by atoms with Gasteiger partial charge in [-0.2, -0.15) is 0 Å². The fourth-order valence-corrected chi connectivity index (χ4v) is 4.20. The molecule has 0 fully saturated rings. The highest BCUT2D eigenvalue weighted by Crippen LogP contribution is 2.31. The van der Waals surface area contributed by atoms with Crippen LogP contribution in [0.25, 0.3) is 0 Å². The van der Waals surface area contributed by atoms with Gasteiger partial charge in [-0.1, -0.05) is 34.1 Å². The highest BCUT2D eigenvalue weighted by molar-refractivity contribution is 14.1. The van der Waals surface area contributed by atoms with Gasteiger partial charge in [-0.15, -0.1) is 0 Å². The van der Waals surface area contributed by atoms with Crippen LogP contribution in [0.1, 0.15) is 41.1 Å². The van der Waals surface area contributed by atoms with Crippen LogP contribution in [-0.2, 0) is 12.8 Å². The molecule has 1 N–H and O–H groups in total. The third-order valence-electron chi connectivity index (χ3n) is 4.26. The van der Waals surface area contributed by atoms with Crippen LogP contribution in [0.15, 0.2) is 40.9 Å². The first-order valence-electron chi connectivity index (χ1n) is 7.43. The molecule has 2 aromatic carbocycles. The first-order chi connectivity index (χ1) is 10.2. The third-order valence-corrected chi connectivity index (χ3v) is 5.74. The highest BCUT2D eigenvalue weighted by atomic mass is 127. The molecule has 0 amide bonds. The Labute approximate surface area is 148 Å². The molecule has 0 aliphatic heterocycles. The number of halogens is 2. The molecule has 0 spiro atoms. The summed E-state index contributed by atoms with van der Waals surface area (Å²) in [6.45, 7) is 0. The lowest BCUT2D eigenvalue weighted by Gasteiger charge is -2.22. The molecular formula is C18H19BrIN. The van der Waals surface area contributed by atoms with Crippen molar-refractivity contribution in [2.45, 2.75) is 31.7 Å². The van der Waals surface area contributed by atoms with E-state index in [1.807, 2.05) is 7.05 Å². The van der Waals surface area contributed by atoms with Crippen LogP contribution in [0.2, 0.25) is 0 Å². The van der Waals surface area contributed by atoms with E-state index in [1.54, 1.807) is 11.1 Å². The van der Waals surface area contributed by atoms with Crippen LogP contribution in [0.3, 0.4) is 0 Å². The molecule has 0 saturated heterocycles. The molecule has 3 rings (SSSR count). The molecule has 1 aliphatic rings. The van der Waals surface area contributed by atoms with E-state index in [2.05, 4.69) is 80.2 Å². The van der Waals surface area contributed by atoms with Gasteiger partial charge in [0.1, 0.15) is 0 Å². The van der Waals surface area contributed by atoms with Crippen LogP contribution in [0.5, 0.6) is 0 Å². The fraction of sp³-hybridized carbons (Fsp3) is 0.333. The molecule has 1 aliphatic carbocycles. The Bertz CT molecular complexity index is 654. The molecule has 0 saturated carbocycles. The van der Waals surface area contributed by atoms with Gasteiger partial charge in [0, 0.05) is 8.04 Å². The van der Waals surface area contributed by atoms with Gasteiger partial charge >= 0.3 is 0 Å². The molecule has 3 heteroatoms. The summed E-state index contributed by atoms with van der Waals surface area (Å²) in [6.07, 6.45) is 5.14. The predicted molar refractivity (Wildman–Crippen MR) is 101 cm³/mol. The standard InChI is InChI=1S/C18H19BrIN/c1-21-18(16-11-15(19)8-9-17(16)20)14-7-6-12-4-2-3-5-13(12)10-14/h6-11,18,21H,2-5H2,1H3. The average molecular weight is 456 g/mol. The first-order valence-corrected chi connectivity index (χ1v) is 9.30. The van der Waals surface area contributed by atoms with Gasteiger partial charge in [0.2, 0.25) is 0 Å². The Kier molecular flexibility index (Phi) is 5.02. The SMILES string of the molecule is CNC(c1ccc2c(c1)CCCC2)c1cc(Br)ccc1I. The number of rotatable bonds is 3. The minimum Gasteiger partial charge on any atom is -0.309 e. The van der Waals surface area contributed by atoms with E-state index in [1.165, 1.54) is 40.4 Å². The second kappa shape index (κ2) is 6.80. The molecule has 0 radical (unpaired) electrons. The number of nitrogens with one attached hydrogen (secondary N) is 1. The third kappa shape index (κ3) is 3.35. The smallest absolute Gasteiger partial charge is 0.0585 e. The molecule has 2 aromatic rings. The van der Waals surface area contributed by atoms with E-state index >= 15 is 0 Å². The van der Waals surface area contributed by atoms with Crippen LogP contribution in [-0.4, -0.2) is 7.05 Å². The van der Waals surface area contributed by atoms with Crippen molar-refractivity contribution >= 4 is 38.5 Å². The maximum Gasteiger partial charge on any atom is 0.0585 e. The maximum absolute atomic E-state index is 3.60. The summed E-state index contributed by atoms with van der Waals surface area (Å²) < 4.78 is 2.43. The van der Waals surface area contributed by atoms with Gasteiger partial charge in [0.15, 0.2) is 0 Å². The van der Waals surface area contributed by atoms with E-state index in [-0.39, 0.29) is 6.04 Å². The quantitative estimate of drug-likeness (QED) is 0.624. The Balaban J connectivity index is 2.01. The van der Waals surface area contributed by atoms with Crippen molar-refractivity contribution in [1.82, 2.24) is 5.32 Å². The summed E-state index contributed by atoms with van der Waals surface area (Å²) in [5, 5.41) is 3.48. The molecule has 0 heterocycles. The van der Waals surface area contributed by atoms with Gasteiger partial charge in [0.25, 0.3) is 0 Å². The fourth-order valence-electron chi connectivity index (χ4n) is 3.17. The number of hydrogen-bond donors (Lipinski definition) is 1. The topological polar surface area (TPSA) is 12.0 Å². The summed E-state index contributed by atoms with van der Waals surface area (Å²) in [6, 6.07) is 13.8. The summed E-state index contributed by atoms with van der Waals surface area (Å²) in [4.78, 5) is 0. The zero-order valence-corrected chi connectivity index (χ0v) is 15.9. The molecule has 1 unspecified atom stereocenters. The lowest BCUT2D eigenvalue weighted by Crippen LogP contribution is -2.19. The lowest BCUT2D eigenvalue weighted by atomic mass is 9.88. The van der Waals surface area contributed by atoms with Crippen molar-refractivity contribution < 1.29 is 0 Å². The van der Waals surface area contributed by atoms with Crippen LogP contribution >= 0.6 is 38.5 Å². The average Bonchev–Trinajstić information content (AvgIpc) is 2.51. The molecule has 1 nitrogen and oxygen atoms in total. The number of aryl methyl sites for hydroxylation is 2. The van der Waals surface area contributed by atoms with E-state index in [4.69, 9.17) is 0 Å². The van der Waals surface area contributed by atoms with Gasteiger partial charge < -0.3 is 5.32 Å². The zero-order valence-electron chi connectivity index (χ0n) is 12.1. The minimum absolute atomic E-state index is 0.252. The number of fused-ring (bicyclic) bond motifs is 1. The summed E-state index contributed by atoms with van der Waals surface area (Å²) in [5.74, 6) is 0. The zero-order chi connectivity index (χ0) is 14.8. The van der Waals surface area contributed by atoms with Crippen molar-refractivity contribution in [3.63, 3.8) is 0 Å². The Morgan fingerprint density at radius 3 is 2.57 bits per heavy atom. The Morgan fingerprint density at radius 1 is 1.05 bits per heavy atom. The van der Waals surface area contributed by atoms with Crippen molar-refractivity contribution in [1.29, 1.82) is 0 Å². The van der Waals surface area contributed by atoms with E-state index in [0.717, 1.165) is 4.47 Å². The summed E-state index contributed by atoms with van der Waals surface area (Å²) >= 11 is 6.02. The molecule has 1 atom stereocenters. The summed E-state index contributed by atoms with van der Waals surface area (Å²) in [5.41, 5.74) is 5.80. The monoisotopic (exact) mass is 455 g/mol. The highest BCUT2D eigenvalue weighted by Gasteiger charge is 2.18. The van der Waals surface area contributed by atoms with Crippen LogP contribution in [0.4, 0.5) is 0 Å². The van der Waals surface area contributed by atoms with Crippen molar-refractivity contribution in [2.24, 2.45) is 0 Å². The maximum atomic E-state index is 3.60. The van der Waals surface area contributed by atoms with E-state index in [0.29, 0.717) is 0 Å². The van der Waals surface area contributed by atoms with E-state index < -0.39 is 0 Å². The van der Waals surface area contributed by atoms with Crippen molar-refractivity contribution in [2.75, 3.05) is 7.05 Å². The number of hydrogen-bond acceptors (Lipinski definition) is 1. The first kappa shape index (κ1) is 15.5. The summed E-state index contributed by atoms with van der Waals surface area (Å²) in [7, 11) is 2.04. The molecule has 21 heavy (non-hydrogen) atoms. The second-order valence-corrected chi connectivity index (χ2v) is 7.70. The van der Waals surface area contributed by atoms with E-state index in [9.17, 15) is 0 Å². The van der Waals surface area contributed by atoms with Gasteiger partial charge in [0.05, 0.1) is 6.04 Å². The minimum atomic E-state index is 0.252. The second-order valence-electron chi connectivity index (χ2n) is 5.62. The molecule has 110 valence electrons.